The maximum absolute atomic E-state index is 5.24. The van der Waals surface area contributed by atoms with Gasteiger partial charge in [-0.1, -0.05) is 12.1 Å². The zero-order chi connectivity index (χ0) is 13.7. The highest BCUT2D eigenvalue weighted by atomic mass is 16.5. The lowest BCUT2D eigenvalue weighted by Gasteiger charge is -2.15. The van der Waals surface area contributed by atoms with Gasteiger partial charge >= 0.3 is 0 Å². The topological polar surface area (TPSA) is 47.0 Å². The van der Waals surface area contributed by atoms with Gasteiger partial charge in [0.05, 0.1) is 12.8 Å². The van der Waals surface area contributed by atoms with E-state index < -0.39 is 0 Å². The highest BCUT2D eigenvalue weighted by molar-refractivity contribution is 5.30. The number of methoxy groups -OCH3 is 1. The minimum atomic E-state index is 0.241. The molecule has 1 N–H and O–H groups in total. The number of rotatable bonds is 5. The van der Waals surface area contributed by atoms with Crippen molar-refractivity contribution < 1.29 is 4.74 Å². The molecule has 4 nitrogen and oxygen atoms in total. The first-order valence-electron chi connectivity index (χ1n) is 6.35. The van der Waals surface area contributed by atoms with Gasteiger partial charge in [0.15, 0.2) is 0 Å². The number of hydrogen-bond acceptors (Lipinski definition) is 4. The summed E-state index contributed by atoms with van der Waals surface area (Å²) in [6.45, 7) is 4.75. The number of benzene rings is 1. The van der Waals surface area contributed by atoms with Gasteiger partial charge in [-0.05, 0) is 37.6 Å². The van der Waals surface area contributed by atoms with E-state index in [9.17, 15) is 0 Å². The van der Waals surface area contributed by atoms with E-state index in [-0.39, 0.29) is 6.04 Å². The zero-order valence-corrected chi connectivity index (χ0v) is 11.6. The molecule has 0 spiro atoms. The van der Waals surface area contributed by atoms with Crippen LogP contribution in [0, 0.1) is 6.92 Å². The summed E-state index contributed by atoms with van der Waals surface area (Å²) >= 11 is 0. The lowest BCUT2D eigenvalue weighted by molar-refractivity contribution is 0.413. The lowest BCUT2D eigenvalue weighted by Crippen LogP contribution is -2.19. The Bertz CT molecular complexity index is 542. The SMILES string of the molecule is COc1cccc([C@H](C)NCc2ccnc(C)n2)c1. The minimum absolute atomic E-state index is 0.241. The fourth-order valence-corrected chi connectivity index (χ4v) is 1.89. The second-order valence-electron chi connectivity index (χ2n) is 4.47. The van der Waals surface area contributed by atoms with Crippen molar-refractivity contribution in [3.05, 3.63) is 53.6 Å². The first kappa shape index (κ1) is 13.5. The number of ether oxygens (including phenoxy) is 1. The monoisotopic (exact) mass is 257 g/mol. The van der Waals surface area contributed by atoms with Crippen LogP contribution in [0.3, 0.4) is 0 Å². The molecule has 1 heterocycles. The molecule has 4 heteroatoms. The van der Waals surface area contributed by atoms with E-state index in [0.717, 1.165) is 23.8 Å². The van der Waals surface area contributed by atoms with Crippen molar-refractivity contribution in [1.29, 1.82) is 0 Å². The van der Waals surface area contributed by atoms with Gasteiger partial charge in [-0.15, -0.1) is 0 Å². The molecule has 1 aromatic carbocycles. The maximum Gasteiger partial charge on any atom is 0.125 e. The van der Waals surface area contributed by atoms with E-state index in [1.165, 1.54) is 5.56 Å². The van der Waals surface area contributed by atoms with Crippen molar-refractivity contribution in [2.75, 3.05) is 7.11 Å². The molecule has 1 aromatic heterocycles. The third kappa shape index (κ3) is 3.76. The Kier molecular flexibility index (Phi) is 4.47. The molecule has 0 aliphatic rings. The van der Waals surface area contributed by atoms with Crippen molar-refractivity contribution in [1.82, 2.24) is 15.3 Å². The normalized spacial score (nSPS) is 12.2. The van der Waals surface area contributed by atoms with Gasteiger partial charge < -0.3 is 10.1 Å². The molecule has 19 heavy (non-hydrogen) atoms. The molecular weight excluding hydrogens is 238 g/mol. The smallest absolute Gasteiger partial charge is 0.125 e. The molecular formula is C15H19N3O. The largest absolute Gasteiger partial charge is 0.497 e. The number of nitrogens with zero attached hydrogens (tertiary/aromatic N) is 2. The Morgan fingerprint density at radius 2 is 2.16 bits per heavy atom. The molecule has 0 saturated carbocycles. The van der Waals surface area contributed by atoms with Crippen molar-refractivity contribution in [2.45, 2.75) is 26.4 Å². The first-order valence-corrected chi connectivity index (χ1v) is 6.35. The molecule has 0 radical (unpaired) electrons. The van der Waals surface area contributed by atoms with Crippen LogP contribution >= 0.6 is 0 Å². The minimum Gasteiger partial charge on any atom is -0.497 e. The Balaban J connectivity index is 1.99. The summed E-state index contributed by atoms with van der Waals surface area (Å²) in [5.41, 5.74) is 2.20. The van der Waals surface area contributed by atoms with Crippen LogP contribution in [0.15, 0.2) is 36.5 Å². The standard InChI is InChI=1S/C15H19N3O/c1-11(13-5-4-6-15(9-13)19-3)17-10-14-7-8-16-12(2)18-14/h4-9,11,17H,10H2,1-3H3/t11-/m0/s1. The van der Waals surface area contributed by atoms with Crippen molar-refractivity contribution in [2.24, 2.45) is 0 Å². The van der Waals surface area contributed by atoms with Crippen LogP contribution in [0.5, 0.6) is 5.75 Å². The summed E-state index contributed by atoms with van der Waals surface area (Å²) < 4.78 is 5.24. The van der Waals surface area contributed by atoms with Gasteiger partial charge in [0.1, 0.15) is 11.6 Å². The highest BCUT2D eigenvalue weighted by Crippen LogP contribution is 2.18. The van der Waals surface area contributed by atoms with Gasteiger partial charge in [0.2, 0.25) is 0 Å². The number of hydrogen-bond donors (Lipinski definition) is 1. The fourth-order valence-electron chi connectivity index (χ4n) is 1.89. The molecule has 0 aliphatic carbocycles. The first-order chi connectivity index (χ1) is 9.19. The molecule has 0 fully saturated rings. The predicted molar refractivity (Wildman–Crippen MR) is 75.0 cm³/mol. The van der Waals surface area contributed by atoms with Crippen LogP contribution in [0.4, 0.5) is 0 Å². The average Bonchev–Trinajstić information content (AvgIpc) is 2.45. The Hall–Kier alpha value is -1.94. The van der Waals surface area contributed by atoms with Gasteiger partial charge in [-0.3, -0.25) is 0 Å². The Morgan fingerprint density at radius 1 is 1.32 bits per heavy atom. The van der Waals surface area contributed by atoms with E-state index in [1.54, 1.807) is 13.3 Å². The van der Waals surface area contributed by atoms with Crippen LogP contribution in [-0.4, -0.2) is 17.1 Å². The van der Waals surface area contributed by atoms with Gasteiger partial charge in [-0.2, -0.15) is 0 Å². The van der Waals surface area contributed by atoms with Crippen molar-refractivity contribution in [3.8, 4) is 5.75 Å². The second-order valence-corrected chi connectivity index (χ2v) is 4.47. The van der Waals surface area contributed by atoms with Gasteiger partial charge in [0, 0.05) is 18.8 Å². The molecule has 0 unspecified atom stereocenters. The molecule has 0 amide bonds. The molecule has 0 saturated heterocycles. The average molecular weight is 257 g/mol. The van der Waals surface area contributed by atoms with E-state index in [1.807, 2.05) is 31.2 Å². The summed E-state index contributed by atoms with van der Waals surface area (Å²) in [5.74, 6) is 1.68. The maximum atomic E-state index is 5.24. The molecule has 2 aromatic rings. The van der Waals surface area contributed by atoms with Crippen LogP contribution in [0.2, 0.25) is 0 Å². The number of aryl methyl sites for hydroxylation is 1. The van der Waals surface area contributed by atoms with E-state index in [2.05, 4.69) is 28.3 Å². The second kappa shape index (κ2) is 6.29. The van der Waals surface area contributed by atoms with Gasteiger partial charge in [-0.25, -0.2) is 9.97 Å². The van der Waals surface area contributed by atoms with Crippen LogP contribution in [0.1, 0.15) is 30.0 Å². The third-order valence-electron chi connectivity index (χ3n) is 3.02. The lowest BCUT2D eigenvalue weighted by atomic mass is 10.1. The summed E-state index contributed by atoms with van der Waals surface area (Å²) in [7, 11) is 1.68. The van der Waals surface area contributed by atoms with E-state index >= 15 is 0 Å². The van der Waals surface area contributed by atoms with E-state index in [4.69, 9.17) is 4.74 Å². The Labute approximate surface area is 113 Å². The van der Waals surface area contributed by atoms with Crippen molar-refractivity contribution >= 4 is 0 Å². The van der Waals surface area contributed by atoms with Crippen LogP contribution in [0.25, 0.3) is 0 Å². The number of nitrogens with one attached hydrogen (secondary N) is 1. The summed E-state index contributed by atoms with van der Waals surface area (Å²) in [6.07, 6.45) is 1.79. The highest BCUT2D eigenvalue weighted by Gasteiger charge is 2.06. The predicted octanol–water partition coefficient (Wildman–Crippen LogP) is 2.64. The summed E-state index contributed by atoms with van der Waals surface area (Å²) in [6, 6.07) is 10.3. The number of aromatic nitrogens is 2. The third-order valence-corrected chi connectivity index (χ3v) is 3.02. The van der Waals surface area contributed by atoms with Crippen LogP contribution < -0.4 is 10.1 Å². The van der Waals surface area contributed by atoms with Crippen molar-refractivity contribution in [3.63, 3.8) is 0 Å². The summed E-state index contributed by atoms with van der Waals surface area (Å²) in [4.78, 5) is 8.47. The quantitative estimate of drug-likeness (QED) is 0.894. The Morgan fingerprint density at radius 3 is 2.89 bits per heavy atom. The molecule has 0 aliphatic heterocycles. The molecule has 1 atom stereocenters. The van der Waals surface area contributed by atoms with E-state index in [0.29, 0.717) is 0 Å². The molecule has 2 rings (SSSR count). The zero-order valence-electron chi connectivity index (χ0n) is 11.6. The molecule has 100 valence electrons. The summed E-state index contributed by atoms with van der Waals surface area (Å²) in [5, 5.41) is 3.45. The van der Waals surface area contributed by atoms with Gasteiger partial charge in [0.25, 0.3) is 0 Å². The molecule has 0 bridgehead atoms. The fraction of sp³-hybridized carbons (Fsp3) is 0.333. The van der Waals surface area contributed by atoms with Crippen LogP contribution in [-0.2, 0) is 6.54 Å².